The lowest BCUT2D eigenvalue weighted by Crippen LogP contribution is -2.28. The van der Waals surface area contributed by atoms with E-state index in [1.807, 2.05) is 6.07 Å². The fraction of sp³-hybridized carbons (Fsp3) is 0.316. The van der Waals surface area contributed by atoms with Crippen LogP contribution in [0.15, 0.2) is 36.7 Å². The van der Waals surface area contributed by atoms with Gasteiger partial charge in [-0.2, -0.15) is 0 Å². The number of carbonyl (C=O) groups is 2. The summed E-state index contributed by atoms with van der Waals surface area (Å²) in [5, 5.41) is 2.55. The van der Waals surface area contributed by atoms with Crippen molar-refractivity contribution in [2.45, 2.75) is 25.7 Å². The summed E-state index contributed by atoms with van der Waals surface area (Å²) in [6.07, 6.45) is 5.87. The number of aromatic nitrogens is 1. The van der Waals surface area contributed by atoms with E-state index in [1.54, 1.807) is 4.90 Å². The molecule has 1 unspecified atom stereocenters. The van der Waals surface area contributed by atoms with Crippen LogP contribution in [0.25, 0.3) is 0 Å². The summed E-state index contributed by atoms with van der Waals surface area (Å²) >= 11 is 0. The fourth-order valence-electron chi connectivity index (χ4n) is 3.57. The number of benzene rings is 1. The maximum Gasteiger partial charge on any atom is 0.229 e. The molecule has 0 saturated carbocycles. The van der Waals surface area contributed by atoms with Gasteiger partial charge >= 0.3 is 0 Å². The molecule has 1 aromatic heterocycles. The average Bonchev–Trinajstić information content (AvgIpc) is 3.22. The van der Waals surface area contributed by atoms with Gasteiger partial charge in [-0.15, -0.1) is 0 Å². The first kappa shape index (κ1) is 15.7. The van der Waals surface area contributed by atoms with E-state index >= 15 is 0 Å². The van der Waals surface area contributed by atoms with Crippen LogP contribution in [0.5, 0.6) is 0 Å². The van der Waals surface area contributed by atoms with E-state index in [0.717, 1.165) is 31.1 Å². The Morgan fingerprint density at radius 3 is 2.92 bits per heavy atom. The molecule has 1 saturated heterocycles. The third-order valence-electron chi connectivity index (χ3n) is 4.92. The molecule has 128 valence electrons. The van der Waals surface area contributed by atoms with E-state index in [1.165, 1.54) is 23.4 Å². The highest BCUT2D eigenvalue weighted by Crippen LogP contribution is 2.31. The van der Waals surface area contributed by atoms with Gasteiger partial charge in [-0.25, -0.2) is 4.39 Å². The molecule has 0 radical (unpaired) electrons. The number of anilines is 2. The Morgan fingerprint density at radius 1 is 1.24 bits per heavy atom. The van der Waals surface area contributed by atoms with Crippen molar-refractivity contribution in [3.63, 3.8) is 0 Å². The van der Waals surface area contributed by atoms with Crippen LogP contribution in [0.4, 0.5) is 15.8 Å². The SMILES string of the molecule is O=C(Nc1ccncc1F)C1CC(=O)N(c2ccc3c(c2)CCC3)C1. The van der Waals surface area contributed by atoms with Gasteiger partial charge in [0.2, 0.25) is 11.8 Å². The second-order valence-corrected chi connectivity index (χ2v) is 6.56. The van der Waals surface area contributed by atoms with Gasteiger partial charge in [-0.3, -0.25) is 14.6 Å². The Bertz CT molecular complexity index is 852. The van der Waals surface area contributed by atoms with E-state index in [2.05, 4.69) is 22.4 Å². The molecular formula is C19H18FN3O2. The molecule has 1 fully saturated rings. The molecule has 5 nitrogen and oxygen atoms in total. The van der Waals surface area contributed by atoms with Crippen LogP contribution < -0.4 is 10.2 Å². The molecule has 1 aromatic carbocycles. The normalized spacial score (nSPS) is 19.2. The Hall–Kier alpha value is -2.76. The van der Waals surface area contributed by atoms with Crippen LogP contribution in [-0.2, 0) is 22.4 Å². The average molecular weight is 339 g/mol. The van der Waals surface area contributed by atoms with Gasteiger partial charge < -0.3 is 10.2 Å². The minimum Gasteiger partial charge on any atom is -0.323 e. The first-order valence-corrected chi connectivity index (χ1v) is 8.44. The third kappa shape index (κ3) is 2.99. The molecule has 4 rings (SSSR count). The van der Waals surface area contributed by atoms with Crippen LogP contribution in [-0.4, -0.2) is 23.3 Å². The van der Waals surface area contributed by atoms with E-state index < -0.39 is 11.7 Å². The highest BCUT2D eigenvalue weighted by molar-refractivity contribution is 6.03. The molecule has 1 aliphatic carbocycles. The maximum absolute atomic E-state index is 13.6. The molecule has 1 atom stereocenters. The number of carbonyl (C=O) groups excluding carboxylic acids is 2. The highest BCUT2D eigenvalue weighted by atomic mass is 19.1. The van der Waals surface area contributed by atoms with Crippen molar-refractivity contribution < 1.29 is 14.0 Å². The van der Waals surface area contributed by atoms with Gasteiger partial charge in [0.1, 0.15) is 0 Å². The van der Waals surface area contributed by atoms with Crippen molar-refractivity contribution in [2.75, 3.05) is 16.8 Å². The second kappa shape index (κ2) is 6.27. The lowest BCUT2D eigenvalue weighted by Gasteiger charge is -2.18. The molecule has 0 bridgehead atoms. The van der Waals surface area contributed by atoms with Gasteiger partial charge in [0.25, 0.3) is 0 Å². The van der Waals surface area contributed by atoms with Crippen molar-refractivity contribution in [1.82, 2.24) is 4.98 Å². The molecule has 2 heterocycles. The van der Waals surface area contributed by atoms with Crippen LogP contribution >= 0.6 is 0 Å². The van der Waals surface area contributed by atoms with Crippen molar-refractivity contribution in [2.24, 2.45) is 5.92 Å². The number of hydrogen-bond donors (Lipinski definition) is 1. The van der Waals surface area contributed by atoms with Crippen molar-refractivity contribution >= 4 is 23.2 Å². The number of fused-ring (bicyclic) bond motifs is 1. The maximum atomic E-state index is 13.6. The number of hydrogen-bond acceptors (Lipinski definition) is 3. The number of aryl methyl sites for hydroxylation is 2. The smallest absolute Gasteiger partial charge is 0.229 e. The number of amides is 2. The largest absolute Gasteiger partial charge is 0.323 e. The zero-order chi connectivity index (χ0) is 17.4. The van der Waals surface area contributed by atoms with Crippen molar-refractivity contribution in [1.29, 1.82) is 0 Å². The molecule has 6 heteroatoms. The zero-order valence-corrected chi connectivity index (χ0v) is 13.7. The van der Waals surface area contributed by atoms with E-state index in [0.29, 0.717) is 6.54 Å². The predicted molar refractivity (Wildman–Crippen MR) is 91.8 cm³/mol. The molecule has 2 aliphatic rings. The van der Waals surface area contributed by atoms with Crippen LogP contribution in [0.2, 0.25) is 0 Å². The van der Waals surface area contributed by atoms with Crippen LogP contribution in [0, 0.1) is 11.7 Å². The number of nitrogens with zero attached hydrogens (tertiary/aromatic N) is 2. The number of nitrogens with one attached hydrogen (secondary N) is 1. The van der Waals surface area contributed by atoms with Crippen molar-refractivity contribution in [3.8, 4) is 0 Å². The van der Waals surface area contributed by atoms with Gasteiger partial charge in [0.05, 0.1) is 17.8 Å². The predicted octanol–water partition coefficient (Wildman–Crippen LogP) is 2.70. The topological polar surface area (TPSA) is 62.3 Å². The lowest BCUT2D eigenvalue weighted by molar-refractivity contribution is -0.122. The Balaban J connectivity index is 1.48. The summed E-state index contributed by atoms with van der Waals surface area (Å²) in [5.41, 5.74) is 3.56. The summed E-state index contributed by atoms with van der Waals surface area (Å²) < 4.78 is 13.6. The Labute approximate surface area is 144 Å². The summed E-state index contributed by atoms with van der Waals surface area (Å²) in [6, 6.07) is 7.49. The standard InChI is InChI=1S/C19H18FN3O2/c20-16-10-21-7-6-17(16)22-19(25)14-9-18(24)23(11-14)15-5-4-12-2-1-3-13(12)8-15/h4-8,10,14H,1-3,9,11H2,(H,21,22,25). The first-order valence-electron chi connectivity index (χ1n) is 8.44. The second-order valence-electron chi connectivity index (χ2n) is 6.56. The number of rotatable bonds is 3. The van der Waals surface area contributed by atoms with Gasteiger partial charge in [0.15, 0.2) is 5.82 Å². The molecule has 25 heavy (non-hydrogen) atoms. The Kier molecular flexibility index (Phi) is 3.95. The minimum atomic E-state index is -0.587. The van der Waals surface area contributed by atoms with E-state index in [4.69, 9.17) is 0 Å². The van der Waals surface area contributed by atoms with Crippen LogP contribution in [0.3, 0.4) is 0 Å². The van der Waals surface area contributed by atoms with Crippen LogP contribution in [0.1, 0.15) is 24.0 Å². The van der Waals surface area contributed by atoms with E-state index in [-0.39, 0.29) is 23.9 Å². The fourth-order valence-corrected chi connectivity index (χ4v) is 3.57. The summed E-state index contributed by atoms with van der Waals surface area (Å²) in [5.74, 6) is -1.50. The monoisotopic (exact) mass is 339 g/mol. The van der Waals surface area contributed by atoms with Crippen molar-refractivity contribution in [3.05, 3.63) is 53.6 Å². The lowest BCUT2D eigenvalue weighted by atomic mass is 10.1. The number of halogens is 1. The molecule has 2 amide bonds. The van der Waals surface area contributed by atoms with E-state index in [9.17, 15) is 14.0 Å². The highest BCUT2D eigenvalue weighted by Gasteiger charge is 2.35. The molecule has 1 N–H and O–H groups in total. The molecule has 0 spiro atoms. The first-order chi connectivity index (χ1) is 12.1. The molecular weight excluding hydrogens is 321 g/mol. The quantitative estimate of drug-likeness (QED) is 0.935. The minimum absolute atomic E-state index is 0.0757. The number of pyridine rings is 1. The summed E-state index contributed by atoms with van der Waals surface area (Å²) in [6.45, 7) is 0.316. The summed E-state index contributed by atoms with van der Waals surface area (Å²) in [4.78, 5) is 30.1. The van der Waals surface area contributed by atoms with Gasteiger partial charge in [-0.1, -0.05) is 6.07 Å². The third-order valence-corrected chi connectivity index (χ3v) is 4.92. The summed E-state index contributed by atoms with van der Waals surface area (Å²) in [7, 11) is 0. The van der Waals surface area contributed by atoms with Gasteiger partial charge in [-0.05, 0) is 48.6 Å². The molecule has 1 aliphatic heterocycles. The zero-order valence-electron chi connectivity index (χ0n) is 13.7. The van der Waals surface area contributed by atoms with Gasteiger partial charge in [0, 0.05) is 24.8 Å². The molecule has 2 aromatic rings. The Morgan fingerprint density at radius 2 is 2.08 bits per heavy atom.